The van der Waals surface area contributed by atoms with Crippen LogP contribution in [0.5, 0.6) is 0 Å². The van der Waals surface area contributed by atoms with Gasteiger partial charge in [0.1, 0.15) is 0 Å². The van der Waals surface area contributed by atoms with Crippen LogP contribution in [0.1, 0.15) is 45.7 Å². The molecule has 1 aromatic carbocycles. The first-order valence-corrected chi connectivity index (χ1v) is 6.22. The molecule has 0 aliphatic carbocycles. The summed E-state index contributed by atoms with van der Waals surface area (Å²) in [5.41, 5.74) is 8.51. The van der Waals surface area contributed by atoms with Crippen LogP contribution in [-0.2, 0) is 0 Å². The van der Waals surface area contributed by atoms with Gasteiger partial charge in [-0.15, -0.1) is 0 Å². The molecule has 0 radical (unpaired) electrons. The molecule has 90 valence electrons. The lowest BCUT2D eigenvalue weighted by atomic mass is 10.0. The van der Waals surface area contributed by atoms with Crippen LogP contribution in [0.25, 0.3) is 0 Å². The molecule has 16 heavy (non-hydrogen) atoms. The highest BCUT2D eigenvalue weighted by Crippen LogP contribution is 2.21. The Balaban J connectivity index is 2.85. The molecular formula is C14H24N2. The second kappa shape index (κ2) is 5.90. The number of rotatable bonds is 5. The van der Waals surface area contributed by atoms with Gasteiger partial charge in [-0.2, -0.15) is 0 Å². The predicted octanol–water partition coefficient (Wildman–Crippen LogP) is 3.33. The monoisotopic (exact) mass is 220 g/mol. The molecule has 0 spiro atoms. The van der Waals surface area contributed by atoms with E-state index in [1.807, 2.05) is 0 Å². The first-order valence-electron chi connectivity index (χ1n) is 6.22. The summed E-state index contributed by atoms with van der Waals surface area (Å²) < 4.78 is 0. The molecule has 1 atom stereocenters. The second-order valence-electron chi connectivity index (χ2n) is 4.49. The highest BCUT2D eigenvalue weighted by atomic mass is 15.1. The summed E-state index contributed by atoms with van der Waals surface area (Å²) in [7, 11) is 0. The molecule has 0 amide bonds. The van der Waals surface area contributed by atoms with E-state index in [-0.39, 0.29) is 6.04 Å². The third kappa shape index (κ3) is 2.99. The number of benzene rings is 1. The summed E-state index contributed by atoms with van der Waals surface area (Å²) in [5, 5.41) is 0. The Labute approximate surface area is 99.5 Å². The minimum atomic E-state index is 0.170. The Hall–Kier alpha value is -1.02. The van der Waals surface area contributed by atoms with E-state index < -0.39 is 0 Å². The van der Waals surface area contributed by atoms with Gasteiger partial charge in [-0.1, -0.05) is 19.1 Å². The molecule has 2 nitrogen and oxygen atoms in total. The molecule has 1 aromatic rings. The Morgan fingerprint density at radius 3 is 2.06 bits per heavy atom. The van der Waals surface area contributed by atoms with Crippen molar-refractivity contribution in [2.24, 2.45) is 5.73 Å². The van der Waals surface area contributed by atoms with Crippen LogP contribution >= 0.6 is 0 Å². The maximum atomic E-state index is 6.00. The second-order valence-corrected chi connectivity index (χ2v) is 4.49. The van der Waals surface area contributed by atoms with Crippen molar-refractivity contribution in [1.29, 1.82) is 0 Å². The van der Waals surface area contributed by atoms with Crippen molar-refractivity contribution in [3.05, 3.63) is 29.8 Å². The molecule has 0 aliphatic heterocycles. The fourth-order valence-electron chi connectivity index (χ4n) is 1.99. The average molecular weight is 220 g/mol. The number of hydrogen-bond donors (Lipinski definition) is 1. The summed E-state index contributed by atoms with van der Waals surface area (Å²) in [6, 6.07) is 9.35. The molecule has 0 saturated carbocycles. The summed E-state index contributed by atoms with van der Waals surface area (Å²) >= 11 is 0. The van der Waals surface area contributed by atoms with Gasteiger partial charge in [0.25, 0.3) is 0 Å². The zero-order chi connectivity index (χ0) is 12.1. The Morgan fingerprint density at radius 2 is 1.69 bits per heavy atom. The van der Waals surface area contributed by atoms with Crippen molar-refractivity contribution in [3.8, 4) is 0 Å². The SMILES string of the molecule is CC[C@@H](N)c1ccc(N(CC)C(C)C)cc1. The van der Waals surface area contributed by atoms with Gasteiger partial charge in [-0.05, 0) is 44.9 Å². The minimum absolute atomic E-state index is 0.170. The standard InChI is InChI=1S/C14H24N2/c1-5-14(15)12-7-9-13(10-8-12)16(6-2)11(3)4/h7-11,14H,5-6,15H2,1-4H3/t14-/m1/s1. The number of anilines is 1. The van der Waals surface area contributed by atoms with E-state index in [1.165, 1.54) is 11.3 Å². The zero-order valence-electron chi connectivity index (χ0n) is 10.9. The van der Waals surface area contributed by atoms with Crippen molar-refractivity contribution < 1.29 is 0 Å². The van der Waals surface area contributed by atoms with Crippen molar-refractivity contribution in [1.82, 2.24) is 0 Å². The number of hydrogen-bond acceptors (Lipinski definition) is 2. The van der Waals surface area contributed by atoms with Gasteiger partial charge >= 0.3 is 0 Å². The highest BCUT2D eigenvalue weighted by molar-refractivity contribution is 5.48. The third-order valence-electron chi connectivity index (χ3n) is 3.06. The fraction of sp³-hybridized carbons (Fsp3) is 0.571. The van der Waals surface area contributed by atoms with Gasteiger partial charge in [0.05, 0.1) is 0 Å². The topological polar surface area (TPSA) is 29.3 Å². The van der Waals surface area contributed by atoms with Gasteiger partial charge in [-0.3, -0.25) is 0 Å². The first-order chi connectivity index (χ1) is 7.60. The lowest BCUT2D eigenvalue weighted by molar-refractivity contribution is 0.692. The van der Waals surface area contributed by atoms with Gasteiger partial charge < -0.3 is 10.6 Å². The number of nitrogens with two attached hydrogens (primary N) is 1. The molecule has 0 heterocycles. The highest BCUT2D eigenvalue weighted by Gasteiger charge is 2.09. The van der Waals surface area contributed by atoms with E-state index in [2.05, 4.69) is 56.9 Å². The average Bonchev–Trinajstić information content (AvgIpc) is 2.29. The Morgan fingerprint density at radius 1 is 1.12 bits per heavy atom. The molecule has 0 fully saturated rings. The predicted molar refractivity (Wildman–Crippen MR) is 71.8 cm³/mol. The van der Waals surface area contributed by atoms with E-state index in [0.717, 1.165) is 13.0 Å². The van der Waals surface area contributed by atoms with Gasteiger partial charge in [0, 0.05) is 24.3 Å². The third-order valence-corrected chi connectivity index (χ3v) is 3.06. The fourth-order valence-corrected chi connectivity index (χ4v) is 1.99. The van der Waals surface area contributed by atoms with Crippen LogP contribution in [0.3, 0.4) is 0 Å². The van der Waals surface area contributed by atoms with Crippen LogP contribution < -0.4 is 10.6 Å². The molecule has 0 aromatic heterocycles. The lowest BCUT2D eigenvalue weighted by Gasteiger charge is -2.27. The molecule has 0 aliphatic rings. The van der Waals surface area contributed by atoms with Crippen molar-refractivity contribution in [2.45, 2.75) is 46.2 Å². The minimum Gasteiger partial charge on any atom is -0.369 e. The van der Waals surface area contributed by atoms with Crippen molar-refractivity contribution in [2.75, 3.05) is 11.4 Å². The van der Waals surface area contributed by atoms with Crippen LogP contribution in [0.2, 0.25) is 0 Å². The lowest BCUT2D eigenvalue weighted by Crippen LogP contribution is -2.30. The summed E-state index contributed by atoms with van der Waals surface area (Å²) in [5.74, 6) is 0. The van der Waals surface area contributed by atoms with E-state index >= 15 is 0 Å². The first kappa shape index (κ1) is 13.0. The van der Waals surface area contributed by atoms with Crippen molar-refractivity contribution >= 4 is 5.69 Å². The van der Waals surface area contributed by atoms with Crippen LogP contribution in [0.4, 0.5) is 5.69 Å². The van der Waals surface area contributed by atoms with E-state index in [4.69, 9.17) is 5.73 Å². The van der Waals surface area contributed by atoms with E-state index in [0.29, 0.717) is 6.04 Å². The molecular weight excluding hydrogens is 196 g/mol. The Kier molecular flexibility index (Phi) is 4.81. The smallest absolute Gasteiger partial charge is 0.0368 e. The van der Waals surface area contributed by atoms with Crippen molar-refractivity contribution in [3.63, 3.8) is 0 Å². The molecule has 2 N–H and O–H groups in total. The van der Waals surface area contributed by atoms with Crippen LogP contribution in [0.15, 0.2) is 24.3 Å². The van der Waals surface area contributed by atoms with Crippen LogP contribution in [-0.4, -0.2) is 12.6 Å². The maximum Gasteiger partial charge on any atom is 0.0368 e. The Bertz CT molecular complexity index is 303. The molecule has 0 saturated heterocycles. The van der Waals surface area contributed by atoms with E-state index in [1.54, 1.807) is 0 Å². The normalized spacial score (nSPS) is 12.9. The molecule has 1 rings (SSSR count). The molecule has 2 heteroatoms. The van der Waals surface area contributed by atoms with Crippen LogP contribution in [0, 0.1) is 0 Å². The number of nitrogens with zero attached hydrogens (tertiary/aromatic N) is 1. The van der Waals surface area contributed by atoms with Gasteiger partial charge in [0.15, 0.2) is 0 Å². The van der Waals surface area contributed by atoms with Gasteiger partial charge in [-0.25, -0.2) is 0 Å². The molecule has 0 bridgehead atoms. The quantitative estimate of drug-likeness (QED) is 0.824. The summed E-state index contributed by atoms with van der Waals surface area (Å²) in [6.07, 6.45) is 0.987. The zero-order valence-corrected chi connectivity index (χ0v) is 10.9. The van der Waals surface area contributed by atoms with Gasteiger partial charge in [0.2, 0.25) is 0 Å². The summed E-state index contributed by atoms with van der Waals surface area (Å²) in [4.78, 5) is 2.38. The largest absolute Gasteiger partial charge is 0.369 e. The molecule has 0 unspecified atom stereocenters. The van der Waals surface area contributed by atoms with E-state index in [9.17, 15) is 0 Å². The maximum absolute atomic E-state index is 6.00. The summed E-state index contributed by atoms with van der Waals surface area (Å²) in [6.45, 7) is 9.78.